The molecule has 0 aliphatic heterocycles. The van der Waals surface area contributed by atoms with Gasteiger partial charge in [-0.05, 0) is 25.8 Å². The molecule has 1 saturated carbocycles. The van der Waals surface area contributed by atoms with Crippen molar-refractivity contribution in [1.82, 2.24) is 0 Å². The van der Waals surface area contributed by atoms with Crippen LogP contribution in [-0.4, -0.2) is 10.9 Å². The van der Waals surface area contributed by atoms with Crippen molar-refractivity contribution in [2.75, 3.05) is 0 Å². The molecule has 1 aromatic heterocycles. The molecule has 3 atom stereocenters. The predicted octanol–water partition coefficient (Wildman–Crippen LogP) is 2.71. The van der Waals surface area contributed by atoms with E-state index in [0.29, 0.717) is 5.56 Å². The first-order valence-corrected chi connectivity index (χ1v) is 5.80. The Morgan fingerprint density at radius 1 is 1.62 bits per heavy atom. The molecule has 1 N–H and O–H groups in total. The van der Waals surface area contributed by atoms with Crippen LogP contribution in [0, 0.1) is 11.3 Å². The van der Waals surface area contributed by atoms with Gasteiger partial charge < -0.3 is 9.52 Å². The van der Waals surface area contributed by atoms with Gasteiger partial charge in [-0.2, -0.15) is 0 Å². The number of ketones is 1. The lowest BCUT2D eigenvalue weighted by molar-refractivity contribution is -0.142. The van der Waals surface area contributed by atoms with E-state index < -0.39 is 11.5 Å². The Morgan fingerprint density at radius 3 is 3.00 bits per heavy atom. The maximum atomic E-state index is 12.2. The summed E-state index contributed by atoms with van der Waals surface area (Å²) in [7, 11) is 0. The molecule has 1 aliphatic rings. The topological polar surface area (TPSA) is 50.4 Å². The zero-order chi connectivity index (χ0) is 11.8. The molecule has 16 heavy (non-hydrogen) atoms. The van der Waals surface area contributed by atoms with Gasteiger partial charge in [0.25, 0.3) is 0 Å². The van der Waals surface area contributed by atoms with Gasteiger partial charge in [-0.1, -0.05) is 13.3 Å². The summed E-state index contributed by atoms with van der Waals surface area (Å²) in [5, 5.41) is 10.3. The van der Waals surface area contributed by atoms with E-state index in [2.05, 4.69) is 0 Å². The van der Waals surface area contributed by atoms with Gasteiger partial charge in [0.15, 0.2) is 0 Å². The lowest BCUT2D eigenvalue weighted by Crippen LogP contribution is -2.41. The average Bonchev–Trinajstić information content (AvgIpc) is 2.78. The minimum absolute atomic E-state index is 0.0558. The van der Waals surface area contributed by atoms with Gasteiger partial charge in [0.1, 0.15) is 5.78 Å². The lowest BCUT2D eigenvalue weighted by Gasteiger charge is -2.38. The molecule has 1 fully saturated rings. The molecular formula is C13H18O3. The van der Waals surface area contributed by atoms with Gasteiger partial charge in [-0.25, -0.2) is 0 Å². The van der Waals surface area contributed by atoms with Crippen molar-refractivity contribution in [1.29, 1.82) is 0 Å². The van der Waals surface area contributed by atoms with Gasteiger partial charge in [0.05, 0.1) is 24.0 Å². The van der Waals surface area contributed by atoms with Crippen LogP contribution in [0.25, 0.3) is 0 Å². The van der Waals surface area contributed by atoms with Crippen LogP contribution in [0.1, 0.15) is 44.8 Å². The van der Waals surface area contributed by atoms with Crippen LogP contribution in [-0.2, 0) is 4.79 Å². The number of furan rings is 1. The monoisotopic (exact) mass is 222 g/mol. The fraction of sp³-hybridized carbons (Fsp3) is 0.615. The summed E-state index contributed by atoms with van der Waals surface area (Å²) >= 11 is 0. The zero-order valence-electron chi connectivity index (χ0n) is 9.77. The highest BCUT2D eigenvalue weighted by molar-refractivity contribution is 5.87. The molecule has 0 bridgehead atoms. The highest BCUT2D eigenvalue weighted by atomic mass is 16.3. The summed E-state index contributed by atoms with van der Waals surface area (Å²) in [5.74, 6) is 0.229. The van der Waals surface area contributed by atoms with E-state index in [4.69, 9.17) is 4.42 Å². The van der Waals surface area contributed by atoms with Crippen molar-refractivity contribution in [2.24, 2.45) is 11.3 Å². The molecule has 1 aromatic rings. The Balaban J connectivity index is 2.27. The summed E-state index contributed by atoms with van der Waals surface area (Å²) < 4.78 is 4.96. The molecule has 1 heterocycles. The van der Waals surface area contributed by atoms with Gasteiger partial charge >= 0.3 is 0 Å². The molecule has 0 amide bonds. The van der Waals surface area contributed by atoms with Crippen LogP contribution in [0.15, 0.2) is 23.0 Å². The van der Waals surface area contributed by atoms with Crippen LogP contribution < -0.4 is 0 Å². The van der Waals surface area contributed by atoms with Crippen LogP contribution in [0.5, 0.6) is 0 Å². The normalized spacial score (nSPS) is 32.7. The summed E-state index contributed by atoms with van der Waals surface area (Å²) in [5.41, 5.74) is 0.0478. The predicted molar refractivity (Wildman–Crippen MR) is 59.8 cm³/mol. The van der Waals surface area contributed by atoms with Gasteiger partial charge in [0.2, 0.25) is 0 Å². The average molecular weight is 222 g/mol. The number of aliphatic hydroxyl groups excluding tert-OH is 1. The van der Waals surface area contributed by atoms with Gasteiger partial charge in [0, 0.05) is 11.5 Å². The molecule has 88 valence electrons. The van der Waals surface area contributed by atoms with Crippen molar-refractivity contribution < 1.29 is 14.3 Å². The summed E-state index contributed by atoms with van der Waals surface area (Å²) in [4.78, 5) is 12.2. The van der Waals surface area contributed by atoms with E-state index in [9.17, 15) is 9.90 Å². The smallest absolute Gasteiger partial charge is 0.144 e. The third kappa shape index (κ3) is 1.69. The first-order chi connectivity index (χ1) is 7.55. The number of carbonyl (C=O) groups excluding carboxylic acids is 1. The number of hydrogen-bond donors (Lipinski definition) is 1. The zero-order valence-corrected chi connectivity index (χ0v) is 9.77. The van der Waals surface area contributed by atoms with E-state index in [1.54, 1.807) is 6.07 Å². The summed E-state index contributed by atoms with van der Waals surface area (Å²) in [6.45, 7) is 3.81. The Kier molecular flexibility index (Phi) is 2.89. The highest BCUT2D eigenvalue weighted by Gasteiger charge is 2.45. The van der Waals surface area contributed by atoms with Crippen molar-refractivity contribution in [2.45, 2.75) is 39.2 Å². The Morgan fingerprint density at radius 2 is 2.38 bits per heavy atom. The Labute approximate surface area is 95.5 Å². The fourth-order valence-electron chi connectivity index (χ4n) is 2.66. The van der Waals surface area contributed by atoms with Gasteiger partial charge in [-0.15, -0.1) is 0 Å². The van der Waals surface area contributed by atoms with E-state index in [-0.39, 0.29) is 11.7 Å². The SMILES string of the molecule is C[C@H]1CCC[C@@](C)([C@H](O)c2ccoc2)C1=O. The third-order valence-corrected chi connectivity index (χ3v) is 3.81. The summed E-state index contributed by atoms with van der Waals surface area (Å²) in [6.07, 6.45) is 4.98. The quantitative estimate of drug-likeness (QED) is 0.837. The molecule has 3 heteroatoms. The maximum absolute atomic E-state index is 12.2. The van der Waals surface area contributed by atoms with Crippen LogP contribution in [0.3, 0.4) is 0 Å². The van der Waals surface area contributed by atoms with Crippen molar-refractivity contribution in [3.05, 3.63) is 24.2 Å². The second kappa shape index (κ2) is 4.06. The molecule has 1 aliphatic carbocycles. The van der Waals surface area contributed by atoms with E-state index >= 15 is 0 Å². The Bertz CT molecular complexity index is 369. The largest absolute Gasteiger partial charge is 0.472 e. The van der Waals surface area contributed by atoms with E-state index in [1.807, 2.05) is 13.8 Å². The number of hydrogen-bond acceptors (Lipinski definition) is 3. The van der Waals surface area contributed by atoms with E-state index in [1.165, 1.54) is 12.5 Å². The molecule has 0 radical (unpaired) electrons. The standard InChI is InChI=1S/C13H18O3/c1-9-4-3-6-13(2,11(9)14)12(15)10-5-7-16-8-10/h5,7-9,12,15H,3-4,6H2,1-2H3/t9-,12+,13+/m0/s1. The number of aliphatic hydroxyl groups is 1. The fourth-order valence-corrected chi connectivity index (χ4v) is 2.66. The van der Waals surface area contributed by atoms with Crippen LogP contribution in [0.2, 0.25) is 0 Å². The van der Waals surface area contributed by atoms with Gasteiger partial charge in [-0.3, -0.25) is 4.79 Å². The van der Waals surface area contributed by atoms with Crippen LogP contribution >= 0.6 is 0 Å². The molecule has 0 unspecified atom stereocenters. The highest BCUT2D eigenvalue weighted by Crippen LogP contribution is 2.45. The van der Waals surface area contributed by atoms with Crippen molar-refractivity contribution >= 4 is 5.78 Å². The van der Waals surface area contributed by atoms with Crippen LogP contribution in [0.4, 0.5) is 0 Å². The van der Waals surface area contributed by atoms with Crippen molar-refractivity contribution in [3.63, 3.8) is 0 Å². The Hall–Kier alpha value is -1.09. The summed E-state index contributed by atoms with van der Waals surface area (Å²) in [6, 6.07) is 1.72. The first kappa shape index (κ1) is 11.4. The molecule has 0 aromatic carbocycles. The molecular weight excluding hydrogens is 204 g/mol. The molecule has 2 rings (SSSR count). The number of Topliss-reactive ketones (excluding diaryl/α,β-unsaturated/α-hetero) is 1. The molecule has 0 saturated heterocycles. The second-order valence-electron chi connectivity index (χ2n) is 5.03. The number of carbonyl (C=O) groups is 1. The molecule has 3 nitrogen and oxygen atoms in total. The number of rotatable bonds is 2. The minimum atomic E-state index is -0.749. The lowest BCUT2D eigenvalue weighted by atomic mass is 9.66. The minimum Gasteiger partial charge on any atom is -0.472 e. The molecule has 0 spiro atoms. The van der Waals surface area contributed by atoms with Crippen molar-refractivity contribution in [3.8, 4) is 0 Å². The first-order valence-electron chi connectivity index (χ1n) is 5.80. The maximum Gasteiger partial charge on any atom is 0.144 e. The third-order valence-electron chi connectivity index (χ3n) is 3.81. The second-order valence-corrected chi connectivity index (χ2v) is 5.03. The van der Waals surface area contributed by atoms with E-state index in [0.717, 1.165) is 19.3 Å².